The fourth-order valence-electron chi connectivity index (χ4n) is 2.79. The maximum atomic E-state index is 12.3. The Morgan fingerprint density at radius 1 is 1.38 bits per heavy atom. The Balaban J connectivity index is 1.88. The van der Waals surface area contributed by atoms with Gasteiger partial charge in [0.05, 0.1) is 6.61 Å². The van der Waals surface area contributed by atoms with Crippen LogP contribution in [0.5, 0.6) is 17.2 Å². The van der Waals surface area contributed by atoms with Crippen LogP contribution in [0.4, 0.5) is 0 Å². The second-order valence-electron chi connectivity index (χ2n) is 5.81. The van der Waals surface area contributed by atoms with Crippen molar-refractivity contribution in [2.24, 2.45) is 0 Å². The van der Waals surface area contributed by atoms with Gasteiger partial charge in [0.2, 0.25) is 0 Å². The highest BCUT2D eigenvalue weighted by atomic mass is 16.5. The van der Waals surface area contributed by atoms with Crippen LogP contribution < -0.4 is 9.47 Å². The van der Waals surface area contributed by atoms with Gasteiger partial charge in [0, 0.05) is 23.1 Å². The SMILES string of the molecule is CCOc1cc2c(cc1/C=C/C(=O)c1cccc(O)c1)OC(C)C2. The van der Waals surface area contributed by atoms with Gasteiger partial charge in [0.25, 0.3) is 0 Å². The summed E-state index contributed by atoms with van der Waals surface area (Å²) in [5, 5.41) is 9.48. The van der Waals surface area contributed by atoms with Crippen LogP contribution in [0.3, 0.4) is 0 Å². The lowest BCUT2D eigenvalue weighted by Crippen LogP contribution is -2.05. The maximum absolute atomic E-state index is 12.3. The summed E-state index contributed by atoms with van der Waals surface area (Å²) in [6.07, 6.45) is 4.23. The highest BCUT2D eigenvalue weighted by Gasteiger charge is 2.21. The molecule has 1 atom stereocenters. The van der Waals surface area contributed by atoms with Crippen LogP contribution in [-0.4, -0.2) is 23.6 Å². The van der Waals surface area contributed by atoms with E-state index in [-0.39, 0.29) is 17.6 Å². The first-order chi connectivity index (χ1) is 11.6. The quantitative estimate of drug-likeness (QED) is 0.667. The molecule has 1 aliphatic rings. The molecule has 1 aliphatic heterocycles. The number of ketones is 1. The average Bonchev–Trinajstić information content (AvgIpc) is 2.91. The summed E-state index contributed by atoms with van der Waals surface area (Å²) < 4.78 is 11.5. The summed E-state index contributed by atoms with van der Waals surface area (Å²) in [5.74, 6) is 1.48. The van der Waals surface area contributed by atoms with E-state index in [1.165, 1.54) is 18.2 Å². The van der Waals surface area contributed by atoms with Crippen molar-refractivity contribution < 1.29 is 19.4 Å². The van der Waals surface area contributed by atoms with Gasteiger partial charge in [-0.25, -0.2) is 0 Å². The number of allylic oxidation sites excluding steroid dienone is 1. The third-order valence-corrected chi connectivity index (χ3v) is 3.87. The lowest BCUT2D eigenvalue weighted by molar-refractivity contribution is 0.104. The molecule has 0 amide bonds. The molecule has 0 spiro atoms. The molecule has 2 aromatic rings. The van der Waals surface area contributed by atoms with E-state index in [4.69, 9.17) is 9.47 Å². The van der Waals surface area contributed by atoms with E-state index in [0.29, 0.717) is 12.2 Å². The van der Waals surface area contributed by atoms with Gasteiger partial charge >= 0.3 is 0 Å². The van der Waals surface area contributed by atoms with E-state index in [0.717, 1.165) is 29.0 Å². The molecule has 4 heteroatoms. The molecule has 1 heterocycles. The number of carbonyl (C=O) groups excluding carboxylic acids is 1. The van der Waals surface area contributed by atoms with Gasteiger partial charge in [-0.15, -0.1) is 0 Å². The molecule has 0 fully saturated rings. The Bertz CT molecular complexity index is 792. The van der Waals surface area contributed by atoms with Gasteiger partial charge in [0.1, 0.15) is 23.4 Å². The molecule has 2 aromatic carbocycles. The number of benzene rings is 2. The molecule has 124 valence electrons. The third-order valence-electron chi connectivity index (χ3n) is 3.87. The number of hydrogen-bond acceptors (Lipinski definition) is 4. The number of fused-ring (bicyclic) bond motifs is 1. The minimum atomic E-state index is -0.178. The Morgan fingerprint density at radius 2 is 2.21 bits per heavy atom. The first-order valence-electron chi connectivity index (χ1n) is 8.04. The zero-order chi connectivity index (χ0) is 17.1. The van der Waals surface area contributed by atoms with Gasteiger partial charge in [-0.1, -0.05) is 12.1 Å². The van der Waals surface area contributed by atoms with Crippen LogP contribution in [0.1, 0.15) is 35.3 Å². The van der Waals surface area contributed by atoms with Crippen molar-refractivity contribution in [3.05, 3.63) is 59.2 Å². The van der Waals surface area contributed by atoms with E-state index >= 15 is 0 Å². The van der Waals surface area contributed by atoms with Crippen molar-refractivity contribution in [2.75, 3.05) is 6.61 Å². The fourth-order valence-corrected chi connectivity index (χ4v) is 2.79. The topological polar surface area (TPSA) is 55.8 Å². The number of ether oxygens (including phenoxy) is 2. The van der Waals surface area contributed by atoms with Crippen LogP contribution in [0.15, 0.2) is 42.5 Å². The number of carbonyl (C=O) groups is 1. The van der Waals surface area contributed by atoms with Crippen molar-refractivity contribution in [3.8, 4) is 17.2 Å². The second-order valence-corrected chi connectivity index (χ2v) is 5.81. The Hall–Kier alpha value is -2.75. The largest absolute Gasteiger partial charge is 0.508 e. The highest BCUT2D eigenvalue weighted by Crippen LogP contribution is 2.35. The molecule has 4 nitrogen and oxygen atoms in total. The van der Waals surface area contributed by atoms with E-state index in [2.05, 4.69) is 0 Å². The standard InChI is InChI=1S/C20H20O4/c1-3-23-19-12-16-9-13(2)24-20(16)11-15(19)7-8-18(22)14-5-4-6-17(21)10-14/h4-8,10-13,21H,3,9H2,1-2H3/b8-7+. The zero-order valence-corrected chi connectivity index (χ0v) is 13.8. The summed E-state index contributed by atoms with van der Waals surface area (Å²) >= 11 is 0. The van der Waals surface area contributed by atoms with Crippen molar-refractivity contribution in [3.63, 3.8) is 0 Å². The molecular formula is C20H20O4. The number of rotatable bonds is 5. The average molecular weight is 324 g/mol. The molecule has 0 aromatic heterocycles. The van der Waals surface area contributed by atoms with E-state index in [1.54, 1.807) is 18.2 Å². The van der Waals surface area contributed by atoms with Crippen molar-refractivity contribution in [1.29, 1.82) is 0 Å². The Labute approximate surface area is 141 Å². The molecule has 1 N–H and O–H groups in total. The molecule has 0 bridgehead atoms. The van der Waals surface area contributed by atoms with Crippen LogP contribution in [0.2, 0.25) is 0 Å². The summed E-state index contributed by atoms with van der Waals surface area (Å²) in [4.78, 5) is 12.3. The van der Waals surface area contributed by atoms with E-state index < -0.39 is 0 Å². The summed E-state index contributed by atoms with van der Waals surface area (Å²) in [6.45, 7) is 4.51. The minimum Gasteiger partial charge on any atom is -0.508 e. The van der Waals surface area contributed by atoms with Crippen LogP contribution in [0.25, 0.3) is 6.08 Å². The van der Waals surface area contributed by atoms with Gasteiger partial charge in [-0.3, -0.25) is 4.79 Å². The smallest absolute Gasteiger partial charge is 0.185 e. The third kappa shape index (κ3) is 3.43. The molecule has 0 saturated heterocycles. The van der Waals surface area contributed by atoms with Gasteiger partial charge in [-0.05, 0) is 50.3 Å². The van der Waals surface area contributed by atoms with Gasteiger partial charge in [0.15, 0.2) is 5.78 Å². The van der Waals surface area contributed by atoms with Gasteiger partial charge in [-0.2, -0.15) is 0 Å². The highest BCUT2D eigenvalue weighted by molar-refractivity contribution is 6.07. The molecule has 0 radical (unpaired) electrons. The second kappa shape index (κ2) is 6.79. The predicted molar refractivity (Wildman–Crippen MR) is 92.9 cm³/mol. The molecular weight excluding hydrogens is 304 g/mol. The predicted octanol–water partition coefficient (Wildman–Crippen LogP) is 4.01. The van der Waals surface area contributed by atoms with E-state index in [9.17, 15) is 9.90 Å². The molecule has 3 rings (SSSR count). The lowest BCUT2D eigenvalue weighted by atomic mass is 10.0. The Morgan fingerprint density at radius 3 is 2.96 bits per heavy atom. The van der Waals surface area contributed by atoms with Crippen molar-refractivity contribution in [2.45, 2.75) is 26.4 Å². The minimum absolute atomic E-state index is 0.0733. The summed E-state index contributed by atoms with van der Waals surface area (Å²) in [7, 11) is 0. The van der Waals surface area contributed by atoms with Crippen molar-refractivity contribution in [1.82, 2.24) is 0 Å². The fraction of sp³-hybridized carbons (Fsp3) is 0.250. The van der Waals surface area contributed by atoms with Crippen LogP contribution in [-0.2, 0) is 6.42 Å². The summed E-state index contributed by atoms with van der Waals surface area (Å²) in [5.41, 5.74) is 2.37. The normalized spacial score (nSPS) is 16.0. The van der Waals surface area contributed by atoms with Crippen molar-refractivity contribution >= 4 is 11.9 Å². The Kier molecular flexibility index (Phi) is 4.56. The summed E-state index contributed by atoms with van der Waals surface area (Å²) in [6, 6.07) is 10.2. The number of hydrogen-bond donors (Lipinski definition) is 1. The lowest BCUT2D eigenvalue weighted by Gasteiger charge is -2.10. The zero-order valence-electron chi connectivity index (χ0n) is 13.8. The van der Waals surface area contributed by atoms with E-state index in [1.807, 2.05) is 26.0 Å². The molecule has 24 heavy (non-hydrogen) atoms. The molecule has 1 unspecified atom stereocenters. The number of phenolic OH excluding ortho intramolecular Hbond substituents is 1. The first kappa shape index (κ1) is 16.1. The number of phenols is 1. The molecule has 0 aliphatic carbocycles. The monoisotopic (exact) mass is 324 g/mol. The number of aromatic hydroxyl groups is 1. The first-order valence-corrected chi connectivity index (χ1v) is 8.04. The van der Waals surface area contributed by atoms with Crippen LogP contribution in [0, 0.1) is 0 Å². The maximum Gasteiger partial charge on any atom is 0.185 e. The van der Waals surface area contributed by atoms with Crippen LogP contribution >= 0.6 is 0 Å². The van der Waals surface area contributed by atoms with Gasteiger partial charge < -0.3 is 14.6 Å². The molecule has 0 saturated carbocycles.